The summed E-state index contributed by atoms with van der Waals surface area (Å²) >= 11 is 0. The molecule has 0 aliphatic carbocycles. The van der Waals surface area contributed by atoms with Gasteiger partial charge in [0.25, 0.3) is 5.91 Å². The van der Waals surface area contributed by atoms with Gasteiger partial charge in [0.15, 0.2) is 0 Å². The van der Waals surface area contributed by atoms with E-state index in [1.165, 1.54) is 4.90 Å². The molecule has 1 aromatic carbocycles. The summed E-state index contributed by atoms with van der Waals surface area (Å²) in [7, 11) is 1.69. The van der Waals surface area contributed by atoms with Gasteiger partial charge in [-0.15, -0.1) is 0 Å². The van der Waals surface area contributed by atoms with Crippen molar-refractivity contribution in [1.82, 2.24) is 24.9 Å². The molecule has 8 nitrogen and oxygen atoms in total. The van der Waals surface area contributed by atoms with Gasteiger partial charge in [0.1, 0.15) is 6.04 Å². The number of nitrogens with one attached hydrogen (secondary N) is 1. The Balaban J connectivity index is 1.56. The molecule has 0 bridgehead atoms. The highest BCUT2D eigenvalue weighted by molar-refractivity contribution is 6.05. The minimum absolute atomic E-state index is 0.0351. The number of aromatic nitrogens is 2. The molecule has 1 aromatic heterocycles. The van der Waals surface area contributed by atoms with E-state index in [4.69, 9.17) is 0 Å². The molecule has 8 heteroatoms. The SMILES string of the molecule is CCCN1C(=O)N[C@@H](CC(=O)N(C)Cc2ccc(-n3cccn3)cc2)C1=O. The van der Waals surface area contributed by atoms with Crippen LogP contribution in [-0.2, 0) is 16.1 Å². The highest BCUT2D eigenvalue weighted by Crippen LogP contribution is 2.14. The van der Waals surface area contributed by atoms with Crippen LogP contribution in [0.15, 0.2) is 42.7 Å². The third-order valence-electron chi connectivity index (χ3n) is 4.48. The molecule has 1 N–H and O–H groups in total. The number of carbonyl (C=O) groups is 3. The highest BCUT2D eigenvalue weighted by Gasteiger charge is 2.38. The van der Waals surface area contributed by atoms with Crippen LogP contribution in [0.5, 0.6) is 0 Å². The Morgan fingerprint density at radius 2 is 2.00 bits per heavy atom. The Kier molecular flexibility index (Phi) is 5.54. The molecule has 1 aliphatic rings. The number of rotatable bonds is 7. The average Bonchev–Trinajstić information content (AvgIpc) is 3.27. The fourth-order valence-corrected chi connectivity index (χ4v) is 3.02. The van der Waals surface area contributed by atoms with Gasteiger partial charge in [0, 0.05) is 32.5 Å². The van der Waals surface area contributed by atoms with Gasteiger partial charge in [-0.25, -0.2) is 9.48 Å². The van der Waals surface area contributed by atoms with Gasteiger partial charge in [0.2, 0.25) is 5.91 Å². The monoisotopic (exact) mass is 369 g/mol. The zero-order valence-corrected chi connectivity index (χ0v) is 15.5. The molecule has 0 radical (unpaired) electrons. The Morgan fingerprint density at radius 3 is 2.63 bits per heavy atom. The van der Waals surface area contributed by atoms with Crippen molar-refractivity contribution in [2.45, 2.75) is 32.4 Å². The Bertz CT molecular complexity index is 816. The van der Waals surface area contributed by atoms with E-state index >= 15 is 0 Å². The number of hydrogen-bond donors (Lipinski definition) is 1. The largest absolute Gasteiger partial charge is 0.341 e. The van der Waals surface area contributed by atoms with Crippen molar-refractivity contribution in [2.24, 2.45) is 0 Å². The average molecular weight is 369 g/mol. The van der Waals surface area contributed by atoms with E-state index in [1.807, 2.05) is 43.5 Å². The van der Waals surface area contributed by atoms with Gasteiger partial charge < -0.3 is 10.2 Å². The van der Waals surface area contributed by atoms with Gasteiger partial charge in [-0.1, -0.05) is 19.1 Å². The molecule has 3 rings (SSSR count). The summed E-state index contributed by atoms with van der Waals surface area (Å²) in [6.45, 7) is 2.68. The van der Waals surface area contributed by atoms with Crippen molar-refractivity contribution in [1.29, 1.82) is 0 Å². The number of urea groups is 1. The first-order valence-corrected chi connectivity index (χ1v) is 8.94. The molecule has 1 fully saturated rings. The van der Waals surface area contributed by atoms with Crippen molar-refractivity contribution < 1.29 is 14.4 Å². The van der Waals surface area contributed by atoms with Gasteiger partial charge in [0.05, 0.1) is 12.1 Å². The number of carbonyl (C=O) groups excluding carboxylic acids is 3. The van der Waals surface area contributed by atoms with E-state index < -0.39 is 12.1 Å². The maximum atomic E-state index is 12.5. The standard InChI is InChI=1S/C19H23N5O3/c1-3-10-23-18(26)16(21-19(23)27)12-17(25)22(2)13-14-5-7-15(8-6-14)24-11-4-9-20-24/h4-9,11,16H,3,10,12-13H2,1-2H3,(H,21,27)/t16-/m0/s1. The first-order chi connectivity index (χ1) is 13.0. The molecule has 0 saturated carbocycles. The van der Waals surface area contributed by atoms with E-state index in [0.29, 0.717) is 19.5 Å². The molecular weight excluding hydrogens is 346 g/mol. The fourth-order valence-electron chi connectivity index (χ4n) is 3.02. The lowest BCUT2D eigenvalue weighted by atomic mass is 10.1. The molecule has 1 saturated heterocycles. The van der Waals surface area contributed by atoms with E-state index in [2.05, 4.69) is 10.4 Å². The molecule has 0 unspecified atom stereocenters. The molecule has 0 spiro atoms. The molecular formula is C19H23N5O3. The summed E-state index contributed by atoms with van der Waals surface area (Å²) in [6, 6.07) is 8.40. The molecule has 142 valence electrons. The highest BCUT2D eigenvalue weighted by atomic mass is 16.2. The van der Waals surface area contributed by atoms with Crippen LogP contribution >= 0.6 is 0 Å². The predicted octanol–water partition coefficient (Wildman–Crippen LogP) is 1.55. The third-order valence-corrected chi connectivity index (χ3v) is 4.48. The normalized spacial score (nSPS) is 16.5. The Hall–Kier alpha value is -3.16. The van der Waals surface area contributed by atoms with Crippen molar-refractivity contribution in [3.8, 4) is 5.69 Å². The lowest BCUT2D eigenvalue weighted by Gasteiger charge is -2.19. The second-order valence-corrected chi connectivity index (χ2v) is 6.56. The van der Waals surface area contributed by atoms with Gasteiger partial charge >= 0.3 is 6.03 Å². The zero-order chi connectivity index (χ0) is 19.4. The zero-order valence-electron chi connectivity index (χ0n) is 15.5. The van der Waals surface area contributed by atoms with Crippen LogP contribution < -0.4 is 5.32 Å². The van der Waals surface area contributed by atoms with Crippen molar-refractivity contribution >= 4 is 17.8 Å². The molecule has 1 aliphatic heterocycles. The maximum Gasteiger partial charge on any atom is 0.324 e. The summed E-state index contributed by atoms with van der Waals surface area (Å²) in [6.07, 6.45) is 4.23. The Morgan fingerprint density at radius 1 is 1.26 bits per heavy atom. The topological polar surface area (TPSA) is 87.5 Å². The smallest absolute Gasteiger partial charge is 0.324 e. The van der Waals surface area contributed by atoms with Crippen LogP contribution in [0.4, 0.5) is 4.79 Å². The van der Waals surface area contributed by atoms with Crippen molar-refractivity contribution in [2.75, 3.05) is 13.6 Å². The lowest BCUT2D eigenvalue weighted by molar-refractivity contribution is -0.135. The summed E-state index contributed by atoms with van der Waals surface area (Å²) in [5.74, 6) is -0.518. The number of hydrogen-bond acceptors (Lipinski definition) is 4. The van der Waals surface area contributed by atoms with Crippen molar-refractivity contribution in [3.63, 3.8) is 0 Å². The third kappa shape index (κ3) is 4.16. The van der Waals surface area contributed by atoms with E-state index in [0.717, 1.165) is 11.3 Å². The molecule has 2 heterocycles. The Labute approximate surface area is 157 Å². The van der Waals surface area contributed by atoms with E-state index in [9.17, 15) is 14.4 Å². The lowest BCUT2D eigenvalue weighted by Crippen LogP contribution is -2.37. The maximum absolute atomic E-state index is 12.5. The quantitative estimate of drug-likeness (QED) is 0.750. The van der Waals surface area contributed by atoms with Gasteiger partial charge in [-0.2, -0.15) is 5.10 Å². The van der Waals surface area contributed by atoms with Crippen LogP contribution in [0.1, 0.15) is 25.3 Å². The van der Waals surface area contributed by atoms with E-state index in [-0.39, 0.29) is 18.2 Å². The first kappa shape index (κ1) is 18.6. The van der Waals surface area contributed by atoms with Crippen LogP contribution in [0.25, 0.3) is 5.69 Å². The summed E-state index contributed by atoms with van der Waals surface area (Å²) in [5, 5.41) is 6.77. The molecule has 27 heavy (non-hydrogen) atoms. The van der Waals surface area contributed by atoms with Gasteiger partial charge in [-0.05, 0) is 30.2 Å². The molecule has 2 aromatic rings. The summed E-state index contributed by atoms with van der Waals surface area (Å²) < 4.78 is 1.76. The first-order valence-electron chi connectivity index (χ1n) is 8.94. The van der Waals surface area contributed by atoms with Gasteiger partial charge in [-0.3, -0.25) is 14.5 Å². The second-order valence-electron chi connectivity index (χ2n) is 6.56. The number of imide groups is 1. The number of benzene rings is 1. The van der Waals surface area contributed by atoms with Crippen molar-refractivity contribution in [3.05, 3.63) is 48.3 Å². The minimum atomic E-state index is -0.777. The fraction of sp³-hybridized carbons (Fsp3) is 0.368. The number of amides is 4. The minimum Gasteiger partial charge on any atom is -0.341 e. The van der Waals surface area contributed by atoms with Crippen LogP contribution in [0.2, 0.25) is 0 Å². The summed E-state index contributed by atoms with van der Waals surface area (Å²) in [4.78, 5) is 39.3. The molecule has 1 atom stereocenters. The van der Waals surface area contributed by atoms with E-state index in [1.54, 1.807) is 22.8 Å². The summed E-state index contributed by atoms with van der Waals surface area (Å²) in [5.41, 5.74) is 1.91. The van der Waals surface area contributed by atoms with Crippen LogP contribution in [-0.4, -0.2) is 57.1 Å². The second kappa shape index (κ2) is 8.03. The van der Waals surface area contributed by atoms with Crippen LogP contribution in [0, 0.1) is 0 Å². The molecule has 4 amide bonds. The number of nitrogens with zero attached hydrogens (tertiary/aromatic N) is 4. The van der Waals surface area contributed by atoms with Crippen LogP contribution in [0.3, 0.4) is 0 Å². The predicted molar refractivity (Wildman–Crippen MR) is 99.0 cm³/mol.